The number of phenolic OH excluding ortho intramolecular Hbond substituents is 1. The zero-order valence-electron chi connectivity index (χ0n) is 14.5. The quantitative estimate of drug-likeness (QED) is 0.798. The van der Waals surface area contributed by atoms with E-state index in [1.54, 1.807) is 7.05 Å². The van der Waals surface area contributed by atoms with E-state index in [4.69, 9.17) is 0 Å². The van der Waals surface area contributed by atoms with Crippen molar-refractivity contribution in [2.75, 3.05) is 20.1 Å². The van der Waals surface area contributed by atoms with Gasteiger partial charge in [-0.15, -0.1) is 10.2 Å². The number of alkyl halides is 5. The maximum Gasteiger partial charge on any atom is 0.416 e. The predicted molar refractivity (Wildman–Crippen MR) is 88.2 cm³/mol. The van der Waals surface area contributed by atoms with E-state index in [1.165, 1.54) is 6.07 Å². The van der Waals surface area contributed by atoms with Crippen molar-refractivity contribution in [3.8, 4) is 17.0 Å². The first-order chi connectivity index (χ1) is 12.6. The summed E-state index contributed by atoms with van der Waals surface area (Å²) in [6.07, 6.45) is -3.55. The van der Waals surface area contributed by atoms with Gasteiger partial charge in [-0.3, -0.25) is 0 Å². The zero-order chi connectivity index (χ0) is 19.8. The molecule has 0 aliphatic carbocycles. The van der Waals surface area contributed by atoms with Gasteiger partial charge < -0.3 is 10.0 Å². The first kappa shape index (κ1) is 19.5. The van der Waals surface area contributed by atoms with Gasteiger partial charge in [-0.05, 0) is 56.8 Å². The summed E-state index contributed by atoms with van der Waals surface area (Å²) in [4.78, 5) is 1.84. The maximum absolute atomic E-state index is 14.7. The molecule has 1 aromatic heterocycles. The minimum atomic E-state index is -4.60. The van der Waals surface area contributed by atoms with Gasteiger partial charge in [0.1, 0.15) is 11.4 Å². The molecular weight excluding hydrogens is 369 g/mol. The molecule has 1 saturated heterocycles. The van der Waals surface area contributed by atoms with Crippen molar-refractivity contribution in [1.29, 1.82) is 0 Å². The van der Waals surface area contributed by atoms with Crippen molar-refractivity contribution in [2.24, 2.45) is 5.92 Å². The topological polar surface area (TPSA) is 49.2 Å². The van der Waals surface area contributed by atoms with Crippen LogP contribution in [0.25, 0.3) is 11.3 Å². The minimum absolute atomic E-state index is 0.0113. The average Bonchev–Trinajstić information content (AvgIpc) is 2.61. The molecule has 3 rings (SSSR count). The molecule has 0 radical (unpaired) electrons. The number of phenols is 1. The van der Waals surface area contributed by atoms with Gasteiger partial charge in [0.2, 0.25) is 0 Å². The van der Waals surface area contributed by atoms with E-state index in [2.05, 4.69) is 10.2 Å². The van der Waals surface area contributed by atoms with Crippen molar-refractivity contribution < 1.29 is 27.1 Å². The second-order valence-corrected chi connectivity index (χ2v) is 6.76. The summed E-state index contributed by atoms with van der Waals surface area (Å²) in [7, 11) is 1.78. The van der Waals surface area contributed by atoms with Crippen molar-refractivity contribution in [2.45, 2.75) is 24.9 Å². The molecule has 0 spiro atoms. The Morgan fingerprint density at radius 1 is 1.07 bits per heavy atom. The predicted octanol–water partition coefficient (Wildman–Crippen LogP) is 4.30. The molecule has 0 amide bonds. The Kier molecular flexibility index (Phi) is 5.07. The zero-order valence-corrected chi connectivity index (χ0v) is 14.5. The van der Waals surface area contributed by atoms with Crippen molar-refractivity contribution in [1.82, 2.24) is 15.1 Å². The van der Waals surface area contributed by atoms with Gasteiger partial charge >= 0.3 is 6.18 Å². The number of hydrogen-bond acceptors (Lipinski definition) is 4. The molecule has 2 aromatic rings. The molecule has 1 fully saturated rings. The third-order valence-corrected chi connectivity index (χ3v) is 4.74. The van der Waals surface area contributed by atoms with Gasteiger partial charge in [0.15, 0.2) is 0 Å². The third-order valence-electron chi connectivity index (χ3n) is 4.74. The molecule has 0 saturated carbocycles. The van der Waals surface area contributed by atoms with Crippen LogP contribution in [-0.4, -0.2) is 40.3 Å². The van der Waals surface area contributed by atoms with Gasteiger partial charge in [0, 0.05) is 18.0 Å². The van der Waals surface area contributed by atoms with Crippen LogP contribution in [0.15, 0.2) is 30.3 Å². The normalized spacial score (nSPS) is 19.3. The second kappa shape index (κ2) is 7.03. The van der Waals surface area contributed by atoms with Crippen molar-refractivity contribution in [3.05, 3.63) is 41.6 Å². The number of benzene rings is 1. The lowest BCUT2D eigenvalue weighted by molar-refractivity contribution is -0.137. The molecule has 1 unspecified atom stereocenters. The molecule has 0 bridgehead atoms. The van der Waals surface area contributed by atoms with E-state index >= 15 is 0 Å². The smallest absolute Gasteiger partial charge is 0.416 e. The van der Waals surface area contributed by atoms with Gasteiger partial charge in [-0.1, -0.05) is 0 Å². The third kappa shape index (κ3) is 4.02. The number of hydrogen-bond donors (Lipinski definition) is 1. The number of aromatic hydroxyl groups is 1. The van der Waals surface area contributed by atoms with Gasteiger partial charge in [0.25, 0.3) is 5.92 Å². The molecule has 9 heteroatoms. The minimum Gasteiger partial charge on any atom is -0.507 e. The maximum atomic E-state index is 14.7. The fraction of sp³-hybridized carbons (Fsp3) is 0.444. The van der Waals surface area contributed by atoms with Crippen LogP contribution in [-0.2, 0) is 12.1 Å². The Morgan fingerprint density at radius 3 is 2.37 bits per heavy atom. The number of piperidine rings is 1. The summed E-state index contributed by atoms with van der Waals surface area (Å²) < 4.78 is 67.4. The van der Waals surface area contributed by atoms with Crippen LogP contribution in [0.1, 0.15) is 24.1 Å². The van der Waals surface area contributed by atoms with E-state index in [-0.39, 0.29) is 17.8 Å². The average molecular weight is 387 g/mol. The molecule has 146 valence electrons. The molecule has 27 heavy (non-hydrogen) atoms. The summed E-state index contributed by atoms with van der Waals surface area (Å²) in [5, 5.41) is 17.1. The lowest BCUT2D eigenvalue weighted by Gasteiger charge is -2.34. The Labute approximate surface area is 152 Å². The largest absolute Gasteiger partial charge is 0.507 e. The van der Waals surface area contributed by atoms with E-state index < -0.39 is 35.0 Å². The number of nitrogens with zero attached hydrogens (tertiary/aromatic N) is 3. The molecule has 1 aliphatic heterocycles. The fourth-order valence-corrected chi connectivity index (χ4v) is 3.25. The van der Waals surface area contributed by atoms with Gasteiger partial charge in [-0.25, -0.2) is 0 Å². The van der Waals surface area contributed by atoms with Crippen molar-refractivity contribution in [3.63, 3.8) is 0 Å². The van der Waals surface area contributed by atoms with E-state index in [0.717, 1.165) is 24.7 Å². The van der Waals surface area contributed by atoms with E-state index in [0.29, 0.717) is 18.9 Å². The van der Waals surface area contributed by atoms with Gasteiger partial charge in [0.05, 0.1) is 11.3 Å². The van der Waals surface area contributed by atoms with Crippen LogP contribution in [0.4, 0.5) is 22.0 Å². The summed E-state index contributed by atoms with van der Waals surface area (Å²) in [6.45, 7) is 1.01. The van der Waals surface area contributed by atoms with Crippen molar-refractivity contribution >= 4 is 0 Å². The fourth-order valence-electron chi connectivity index (χ4n) is 3.25. The molecule has 1 N–H and O–H groups in total. The van der Waals surface area contributed by atoms with Crippen LogP contribution < -0.4 is 0 Å². The van der Waals surface area contributed by atoms with E-state index in [9.17, 15) is 27.1 Å². The Hall–Kier alpha value is -2.29. The van der Waals surface area contributed by atoms with Crippen LogP contribution >= 0.6 is 0 Å². The monoisotopic (exact) mass is 387 g/mol. The number of likely N-dealkylation sites (tertiary alicyclic amines) is 1. The highest BCUT2D eigenvalue weighted by Crippen LogP contribution is 2.40. The van der Waals surface area contributed by atoms with E-state index in [1.807, 2.05) is 4.90 Å². The first-order valence-electron chi connectivity index (χ1n) is 8.40. The summed E-state index contributed by atoms with van der Waals surface area (Å²) >= 11 is 0. The number of aromatic nitrogens is 2. The summed E-state index contributed by atoms with van der Waals surface area (Å²) in [5.74, 6) is -4.69. The van der Waals surface area contributed by atoms with Crippen LogP contribution in [0, 0.1) is 5.92 Å². The highest BCUT2D eigenvalue weighted by molar-refractivity contribution is 5.67. The lowest BCUT2D eigenvalue weighted by atomic mass is 9.90. The highest BCUT2D eigenvalue weighted by Gasteiger charge is 2.44. The summed E-state index contributed by atoms with van der Waals surface area (Å²) in [5.41, 5.74) is -1.50. The Balaban J connectivity index is 1.85. The summed E-state index contributed by atoms with van der Waals surface area (Å²) in [6, 6.07) is 4.73. The van der Waals surface area contributed by atoms with Crippen LogP contribution in [0.2, 0.25) is 0 Å². The van der Waals surface area contributed by atoms with Crippen LogP contribution in [0.5, 0.6) is 5.75 Å². The standard InChI is InChI=1S/C18H18F5N3O/c1-26-8-2-3-12(10-26)17(19,20)16-7-6-14(24-25-16)13-5-4-11(9-15(13)27)18(21,22)23/h4-7,9,12,27H,2-3,8,10H2,1H3. The molecule has 2 heterocycles. The Morgan fingerprint density at radius 2 is 1.81 bits per heavy atom. The molecule has 1 atom stereocenters. The molecule has 1 aliphatic rings. The van der Waals surface area contributed by atoms with Crippen LogP contribution in [0.3, 0.4) is 0 Å². The number of halogens is 5. The Bertz CT molecular complexity index is 808. The first-order valence-corrected chi connectivity index (χ1v) is 8.40. The van der Waals surface area contributed by atoms with Gasteiger partial charge in [-0.2, -0.15) is 22.0 Å². The number of rotatable bonds is 3. The molecular formula is C18H18F5N3O. The molecule has 1 aromatic carbocycles. The second-order valence-electron chi connectivity index (χ2n) is 6.76. The highest BCUT2D eigenvalue weighted by atomic mass is 19.4. The molecule has 4 nitrogen and oxygen atoms in total. The lowest BCUT2D eigenvalue weighted by Crippen LogP contribution is -2.40. The SMILES string of the molecule is CN1CCCC(C(F)(F)c2ccc(-c3ccc(C(F)(F)F)cc3O)nn2)C1.